The lowest BCUT2D eigenvalue weighted by Gasteiger charge is -2.16. The van der Waals surface area contributed by atoms with Gasteiger partial charge >= 0.3 is 6.03 Å². The molecule has 426 valence electrons. The van der Waals surface area contributed by atoms with E-state index in [0.29, 0.717) is 76.8 Å². The molecule has 0 saturated carbocycles. The molecule has 0 aliphatic carbocycles. The number of aromatic amines is 2. The first kappa shape index (κ1) is 56.7. The maximum absolute atomic E-state index is 13.0. The second-order valence-electron chi connectivity index (χ2n) is 20.4. The number of rotatable bonds is 27. The third-order valence-electron chi connectivity index (χ3n) is 14.8. The Hall–Kier alpha value is -8.16. The molecule has 0 radical (unpaired) electrons. The summed E-state index contributed by atoms with van der Waals surface area (Å²) in [4.78, 5) is 55.2. The molecular weight excluding hydrogens is 1060 g/mol. The van der Waals surface area contributed by atoms with Crippen molar-refractivity contribution in [3.8, 4) is 44.5 Å². The molecule has 11 rings (SSSR count). The Balaban J connectivity index is 0.655. The van der Waals surface area contributed by atoms with Gasteiger partial charge in [0.2, 0.25) is 11.8 Å². The minimum absolute atomic E-state index is 0.0270. The summed E-state index contributed by atoms with van der Waals surface area (Å²) < 4.78 is 28.0. The highest BCUT2D eigenvalue weighted by Crippen LogP contribution is 2.39. The molecule has 16 nitrogen and oxygen atoms in total. The van der Waals surface area contributed by atoms with Gasteiger partial charge in [-0.15, -0.1) is 0 Å². The van der Waals surface area contributed by atoms with Crippen LogP contribution in [0.25, 0.3) is 90.9 Å². The van der Waals surface area contributed by atoms with Crippen LogP contribution in [0.4, 0.5) is 10.5 Å². The zero-order valence-electron chi connectivity index (χ0n) is 46.2. The van der Waals surface area contributed by atoms with Crippen molar-refractivity contribution in [3.05, 3.63) is 162 Å². The van der Waals surface area contributed by atoms with Gasteiger partial charge in [0, 0.05) is 74.0 Å². The summed E-state index contributed by atoms with van der Waals surface area (Å²) in [6.45, 7) is 3.79. The topological polar surface area (TPSA) is 203 Å². The highest BCUT2D eigenvalue weighted by molar-refractivity contribution is 8.00. The highest BCUT2D eigenvalue weighted by Gasteiger charge is 2.42. The Morgan fingerprint density at radius 1 is 0.494 bits per heavy atom. The Labute approximate surface area is 486 Å². The SMILES string of the molecule is O=C(CCCC[C@@H]1SC[C@@H]2NC(=O)N[C@@H]21)NCCOCCOCCOCCOCCOCC(=O)Nc1ccc(-c2c3nc(c(-c4ccccc4)c4ccc([nH]4)c(-c4ccccc4)c4nc(c(-c5ccccc5)c5ccc2[nH]5)C=C4)C=C3)cc1. The van der Waals surface area contributed by atoms with Crippen molar-refractivity contribution < 1.29 is 38.1 Å². The van der Waals surface area contributed by atoms with Crippen LogP contribution in [0.2, 0.25) is 0 Å². The summed E-state index contributed by atoms with van der Waals surface area (Å²) in [5.74, 6) is 0.696. The molecule has 4 aliphatic heterocycles. The van der Waals surface area contributed by atoms with E-state index in [1.165, 1.54) is 0 Å². The van der Waals surface area contributed by atoms with Crippen molar-refractivity contribution in [2.24, 2.45) is 0 Å². The van der Waals surface area contributed by atoms with E-state index in [1.807, 2.05) is 78.5 Å². The number of carbonyl (C=O) groups is 3. The zero-order chi connectivity index (χ0) is 56.6. The number of ether oxygens (including phenoxy) is 5. The quantitative estimate of drug-likeness (QED) is 0.0211. The second kappa shape index (κ2) is 28.2. The van der Waals surface area contributed by atoms with Gasteiger partial charge in [0.25, 0.3) is 0 Å². The van der Waals surface area contributed by atoms with Gasteiger partial charge in [0.15, 0.2) is 0 Å². The van der Waals surface area contributed by atoms with E-state index < -0.39 is 0 Å². The second-order valence-corrected chi connectivity index (χ2v) is 21.7. The molecule has 4 aromatic carbocycles. The van der Waals surface area contributed by atoms with Crippen LogP contribution in [0.1, 0.15) is 48.5 Å². The molecule has 2 fully saturated rings. The summed E-state index contributed by atoms with van der Waals surface area (Å²) in [6, 6.07) is 47.7. The first-order chi connectivity index (χ1) is 40.9. The predicted molar refractivity (Wildman–Crippen MR) is 330 cm³/mol. The number of fused-ring (bicyclic) bond motifs is 9. The average Bonchev–Trinajstić information content (AvgIpc) is 3.61. The summed E-state index contributed by atoms with van der Waals surface area (Å²) in [5.41, 5.74) is 15.4. The third kappa shape index (κ3) is 14.5. The van der Waals surface area contributed by atoms with Crippen molar-refractivity contribution in [3.63, 3.8) is 0 Å². The van der Waals surface area contributed by atoms with Crippen molar-refractivity contribution in [1.82, 2.24) is 35.9 Å². The lowest BCUT2D eigenvalue weighted by Crippen LogP contribution is -2.36. The standard InChI is InChI=1S/C66H68N8O8S/c75-59(19-11-10-18-58-65-57(43-83-58)73-66(77)74-65)67-32-33-78-34-35-79-36-37-80-38-39-81-40-41-82-42-60(76)68-48-22-20-47(21-23-48)64-55-30-28-53(71-55)62(45-14-6-2-7-15-45)51-26-24-49(69-51)61(44-12-4-1-5-13-44)50-25-27-52(70-50)63(46-16-8-3-9-17-46)54-29-31-56(64)72-54/h1-9,12-17,20-31,57-58,65,69,72H,10-11,18-19,32-43H2,(H,67,75)(H,68,76)(H2,73,74,77)/t57-,58-,65-/m0/s1. The van der Waals surface area contributed by atoms with Crippen LogP contribution in [0, 0.1) is 0 Å². The zero-order valence-corrected chi connectivity index (χ0v) is 47.0. The molecule has 4 amide bonds. The van der Waals surface area contributed by atoms with Crippen LogP contribution in [0.15, 0.2) is 140 Å². The van der Waals surface area contributed by atoms with Gasteiger partial charge in [0.05, 0.1) is 94.3 Å². The number of nitrogens with zero attached hydrogens (tertiary/aromatic N) is 2. The van der Waals surface area contributed by atoms with Crippen LogP contribution < -0.4 is 21.3 Å². The third-order valence-corrected chi connectivity index (χ3v) is 16.3. The fourth-order valence-electron chi connectivity index (χ4n) is 10.8. The monoisotopic (exact) mass is 1130 g/mol. The lowest BCUT2D eigenvalue weighted by molar-refractivity contribution is -0.122. The summed E-state index contributed by atoms with van der Waals surface area (Å²) in [5, 5.41) is 12.3. The molecule has 0 unspecified atom stereocenters. The van der Waals surface area contributed by atoms with Crippen molar-refractivity contribution >= 4 is 81.7 Å². The first-order valence-electron chi connectivity index (χ1n) is 28.5. The number of H-pyrrole nitrogens is 2. The molecule has 7 heterocycles. The largest absolute Gasteiger partial charge is 0.377 e. The number of benzene rings is 4. The van der Waals surface area contributed by atoms with Crippen LogP contribution in [0.3, 0.4) is 0 Å². The van der Waals surface area contributed by atoms with Crippen LogP contribution in [0.5, 0.6) is 0 Å². The van der Waals surface area contributed by atoms with E-state index in [4.69, 9.17) is 33.7 Å². The maximum Gasteiger partial charge on any atom is 0.315 e. The average molecular weight is 1130 g/mol. The van der Waals surface area contributed by atoms with Gasteiger partial charge in [-0.2, -0.15) is 11.8 Å². The minimum Gasteiger partial charge on any atom is -0.377 e. The predicted octanol–water partition coefficient (Wildman–Crippen LogP) is 11.2. The Morgan fingerprint density at radius 2 is 0.928 bits per heavy atom. The molecule has 2 saturated heterocycles. The number of urea groups is 1. The van der Waals surface area contributed by atoms with E-state index in [9.17, 15) is 14.4 Å². The highest BCUT2D eigenvalue weighted by atomic mass is 32.2. The van der Waals surface area contributed by atoms with Gasteiger partial charge in [-0.25, -0.2) is 14.8 Å². The van der Waals surface area contributed by atoms with E-state index in [-0.39, 0.29) is 43.1 Å². The number of carbonyl (C=O) groups excluding carboxylic acids is 3. The van der Waals surface area contributed by atoms with Crippen LogP contribution >= 0.6 is 11.8 Å². The molecule has 17 heteroatoms. The summed E-state index contributed by atoms with van der Waals surface area (Å²) in [7, 11) is 0. The van der Waals surface area contributed by atoms with Gasteiger partial charge in [-0.1, -0.05) is 110 Å². The molecule has 8 bridgehead atoms. The Kier molecular flexibility index (Phi) is 19.3. The number of aromatic nitrogens is 4. The van der Waals surface area contributed by atoms with E-state index in [2.05, 4.69) is 128 Å². The van der Waals surface area contributed by atoms with Gasteiger partial charge in [0.1, 0.15) is 6.61 Å². The van der Waals surface area contributed by atoms with Gasteiger partial charge < -0.3 is 54.9 Å². The van der Waals surface area contributed by atoms with E-state index in [1.54, 1.807) is 0 Å². The number of thioether (sulfide) groups is 1. The first-order valence-corrected chi connectivity index (χ1v) is 29.5. The molecule has 83 heavy (non-hydrogen) atoms. The fourth-order valence-corrected chi connectivity index (χ4v) is 12.4. The molecule has 7 aromatic rings. The van der Waals surface area contributed by atoms with Gasteiger partial charge in [-0.3, -0.25) is 9.59 Å². The van der Waals surface area contributed by atoms with Crippen molar-refractivity contribution in [2.75, 3.05) is 83.7 Å². The Morgan fingerprint density at radius 3 is 1.40 bits per heavy atom. The normalized spacial score (nSPS) is 16.0. The molecule has 4 aliphatic rings. The fraction of sp³-hybridized carbons (Fsp3) is 0.288. The number of hydrogen-bond acceptors (Lipinski definition) is 11. The lowest BCUT2D eigenvalue weighted by atomic mass is 10.0. The van der Waals surface area contributed by atoms with Crippen LogP contribution in [-0.4, -0.2) is 133 Å². The summed E-state index contributed by atoms with van der Waals surface area (Å²) >= 11 is 1.90. The van der Waals surface area contributed by atoms with Crippen LogP contribution in [-0.2, 0) is 33.3 Å². The number of unbranched alkanes of at least 4 members (excludes halogenated alkanes) is 1. The number of nitrogens with one attached hydrogen (secondary N) is 6. The smallest absolute Gasteiger partial charge is 0.315 e. The molecule has 0 spiro atoms. The number of hydrogen-bond donors (Lipinski definition) is 6. The molecule has 3 aromatic heterocycles. The van der Waals surface area contributed by atoms with E-state index in [0.717, 1.165) is 114 Å². The molecule has 3 atom stereocenters. The minimum atomic E-state index is -0.277. The number of anilines is 1. The molecule has 6 N–H and O–H groups in total. The number of amides is 4. The maximum atomic E-state index is 13.0. The summed E-state index contributed by atoms with van der Waals surface area (Å²) in [6.07, 6.45) is 11.6. The van der Waals surface area contributed by atoms with Crippen molar-refractivity contribution in [2.45, 2.75) is 43.0 Å². The van der Waals surface area contributed by atoms with Crippen molar-refractivity contribution in [1.29, 1.82) is 0 Å². The van der Waals surface area contributed by atoms with Gasteiger partial charge in [-0.05, 0) is 95.8 Å². The Bertz CT molecular complexity index is 3550. The molecular formula is C66H68N8O8S. The van der Waals surface area contributed by atoms with E-state index >= 15 is 0 Å².